The van der Waals surface area contributed by atoms with Crippen LogP contribution in [0.3, 0.4) is 0 Å². The minimum Gasteiger partial charge on any atom is -0.506 e. The highest BCUT2D eigenvalue weighted by atomic mass is 35.5. The Morgan fingerprint density at radius 1 is 1.44 bits per heavy atom. The van der Waals surface area contributed by atoms with Crippen LogP contribution in [0.5, 0.6) is 5.75 Å². The van der Waals surface area contributed by atoms with E-state index in [9.17, 15) is 5.11 Å². The summed E-state index contributed by atoms with van der Waals surface area (Å²) in [6, 6.07) is 5.15. The first-order valence-corrected chi connectivity index (χ1v) is 5.35. The molecule has 1 aromatic carbocycles. The molecule has 4 nitrogen and oxygen atoms in total. The minimum atomic E-state index is -0.0171. The third-order valence-electron chi connectivity index (χ3n) is 2.27. The van der Waals surface area contributed by atoms with Gasteiger partial charge in [-0.2, -0.15) is 0 Å². The standard InChI is InChI=1S/C11H12ClN3O/c1-6(13)5-8-7-3-2-4-9(16)10(7)15-11(12)14-8/h2-4,6,16H,5,13H2,1H3. The van der Waals surface area contributed by atoms with Crippen molar-refractivity contribution in [3.63, 3.8) is 0 Å². The molecule has 0 spiro atoms. The topological polar surface area (TPSA) is 72.0 Å². The first-order chi connectivity index (χ1) is 7.58. The zero-order chi connectivity index (χ0) is 11.7. The van der Waals surface area contributed by atoms with Gasteiger partial charge in [0.15, 0.2) is 0 Å². The summed E-state index contributed by atoms with van der Waals surface area (Å²) in [6.45, 7) is 1.89. The maximum Gasteiger partial charge on any atom is 0.223 e. The molecule has 3 N–H and O–H groups in total. The van der Waals surface area contributed by atoms with E-state index in [1.54, 1.807) is 12.1 Å². The summed E-state index contributed by atoms with van der Waals surface area (Å²) in [5, 5.41) is 10.6. The lowest BCUT2D eigenvalue weighted by atomic mass is 10.1. The van der Waals surface area contributed by atoms with Crippen LogP contribution in [0.15, 0.2) is 18.2 Å². The second kappa shape index (κ2) is 4.23. The molecule has 2 aromatic rings. The molecule has 0 radical (unpaired) electrons. The molecule has 1 heterocycles. The van der Waals surface area contributed by atoms with Gasteiger partial charge in [-0.1, -0.05) is 12.1 Å². The van der Waals surface area contributed by atoms with Gasteiger partial charge in [0, 0.05) is 17.8 Å². The van der Waals surface area contributed by atoms with Crippen LogP contribution in [-0.4, -0.2) is 21.1 Å². The van der Waals surface area contributed by atoms with Gasteiger partial charge in [-0.05, 0) is 24.6 Å². The van der Waals surface area contributed by atoms with Gasteiger partial charge in [-0.25, -0.2) is 9.97 Å². The van der Waals surface area contributed by atoms with Crippen LogP contribution in [0.2, 0.25) is 5.28 Å². The molecule has 0 aliphatic carbocycles. The van der Waals surface area contributed by atoms with Crippen LogP contribution < -0.4 is 5.73 Å². The smallest absolute Gasteiger partial charge is 0.223 e. The molecule has 0 aliphatic rings. The van der Waals surface area contributed by atoms with Crippen molar-refractivity contribution in [3.8, 4) is 5.75 Å². The molecule has 0 saturated heterocycles. The molecule has 1 atom stereocenters. The minimum absolute atomic E-state index is 0.0171. The van der Waals surface area contributed by atoms with E-state index < -0.39 is 0 Å². The largest absolute Gasteiger partial charge is 0.506 e. The van der Waals surface area contributed by atoms with Crippen molar-refractivity contribution < 1.29 is 5.11 Å². The molecule has 0 saturated carbocycles. The average molecular weight is 238 g/mol. The quantitative estimate of drug-likeness (QED) is 0.783. The molecule has 2 rings (SSSR count). The highest BCUT2D eigenvalue weighted by Crippen LogP contribution is 2.26. The summed E-state index contributed by atoms with van der Waals surface area (Å²) in [7, 11) is 0. The number of para-hydroxylation sites is 1. The third-order valence-corrected chi connectivity index (χ3v) is 2.44. The molecule has 0 amide bonds. The number of hydrogen-bond acceptors (Lipinski definition) is 4. The van der Waals surface area contributed by atoms with Gasteiger partial charge in [-0.15, -0.1) is 0 Å². The zero-order valence-corrected chi connectivity index (χ0v) is 9.57. The van der Waals surface area contributed by atoms with Gasteiger partial charge in [0.1, 0.15) is 11.3 Å². The fraction of sp³-hybridized carbons (Fsp3) is 0.273. The van der Waals surface area contributed by atoms with E-state index in [0.29, 0.717) is 11.9 Å². The molecule has 16 heavy (non-hydrogen) atoms. The van der Waals surface area contributed by atoms with Gasteiger partial charge in [0.25, 0.3) is 0 Å². The number of phenols is 1. The summed E-state index contributed by atoms with van der Waals surface area (Å²) >= 11 is 5.81. The second-order valence-electron chi connectivity index (χ2n) is 3.79. The van der Waals surface area contributed by atoms with Crippen LogP contribution in [0.4, 0.5) is 0 Å². The number of halogens is 1. The van der Waals surface area contributed by atoms with Gasteiger partial charge in [0.2, 0.25) is 5.28 Å². The summed E-state index contributed by atoms with van der Waals surface area (Å²) in [5.41, 5.74) is 6.97. The lowest BCUT2D eigenvalue weighted by molar-refractivity contribution is 0.480. The van der Waals surface area contributed by atoms with Gasteiger partial charge >= 0.3 is 0 Å². The number of phenolic OH excluding ortho intramolecular Hbond substituents is 1. The number of fused-ring (bicyclic) bond motifs is 1. The SMILES string of the molecule is CC(N)Cc1nc(Cl)nc2c(O)cccc12. The fourth-order valence-electron chi connectivity index (χ4n) is 1.63. The number of aromatic hydroxyl groups is 1. The first-order valence-electron chi connectivity index (χ1n) is 4.97. The molecular formula is C11H12ClN3O. The van der Waals surface area contributed by atoms with Gasteiger partial charge in [0.05, 0.1) is 5.69 Å². The summed E-state index contributed by atoms with van der Waals surface area (Å²) in [5.74, 6) is 0.104. The third kappa shape index (κ3) is 2.08. The molecule has 0 aliphatic heterocycles. The number of aromatic nitrogens is 2. The molecule has 0 bridgehead atoms. The van der Waals surface area contributed by atoms with E-state index in [4.69, 9.17) is 17.3 Å². The Morgan fingerprint density at radius 3 is 2.88 bits per heavy atom. The Labute approximate surface area is 98.1 Å². The maximum absolute atomic E-state index is 9.67. The number of nitrogens with two attached hydrogens (primary N) is 1. The number of benzene rings is 1. The predicted molar refractivity (Wildman–Crippen MR) is 63.6 cm³/mol. The van der Waals surface area contributed by atoms with Crippen molar-refractivity contribution in [3.05, 3.63) is 29.2 Å². The van der Waals surface area contributed by atoms with E-state index in [1.165, 1.54) is 0 Å². The maximum atomic E-state index is 9.67. The molecule has 0 fully saturated rings. The van der Waals surface area contributed by atoms with E-state index in [-0.39, 0.29) is 17.1 Å². The normalized spacial score (nSPS) is 12.9. The average Bonchev–Trinajstić information content (AvgIpc) is 2.18. The number of rotatable bonds is 2. The van der Waals surface area contributed by atoms with E-state index in [0.717, 1.165) is 11.1 Å². The van der Waals surface area contributed by atoms with Crippen molar-refractivity contribution in [2.24, 2.45) is 5.73 Å². The Hall–Kier alpha value is -1.39. The highest BCUT2D eigenvalue weighted by Gasteiger charge is 2.10. The Kier molecular flexibility index (Phi) is 2.94. The monoisotopic (exact) mass is 237 g/mol. The Bertz CT molecular complexity index is 528. The Morgan fingerprint density at radius 2 is 2.19 bits per heavy atom. The lowest BCUT2D eigenvalue weighted by Crippen LogP contribution is -2.19. The van der Waals surface area contributed by atoms with E-state index >= 15 is 0 Å². The van der Waals surface area contributed by atoms with Crippen molar-refractivity contribution in [1.29, 1.82) is 0 Å². The van der Waals surface area contributed by atoms with E-state index in [1.807, 2.05) is 13.0 Å². The van der Waals surface area contributed by atoms with Crippen molar-refractivity contribution in [2.45, 2.75) is 19.4 Å². The molecule has 84 valence electrons. The van der Waals surface area contributed by atoms with Crippen molar-refractivity contribution in [2.75, 3.05) is 0 Å². The Balaban J connectivity index is 2.68. The first kappa shape index (κ1) is 11.1. The summed E-state index contributed by atoms with van der Waals surface area (Å²) in [4.78, 5) is 8.15. The van der Waals surface area contributed by atoms with Crippen LogP contribution in [0.1, 0.15) is 12.6 Å². The van der Waals surface area contributed by atoms with Crippen molar-refractivity contribution >= 4 is 22.5 Å². The predicted octanol–water partition coefficient (Wildman–Crippen LogP) is 1.88. The van der Waals surface area contributed by atoms with Crippen LogP contribution >= 0.6 is 11.6 Å². The number of nitrogens with zero attached hydrogens (tertiary/aromatic N) is 2. The number of hydrogen-bond donors (Lipinski definition) is 2. The fourth-order valence-corrected chi connectivity index (χ4v) is 1.82. The lowest BCUT2D eigenvalue weighted by Gasteiger charge is -2.08. The molecular weight excluding hydrogens is 226 g/mol. The van der Waals surface area contributed by atoms with Gasteiger partial charge in [-0.3, -0.25) is 0 Å². The highest BCUT2D eigenvalue weighted by molar-refractivity contribution is 6.28. The summed E-state index contributed by atoms with van der Waals surface area (Å²) in [6.07, 6.45) is 0.599. The zero-order valence-electron chi connectivity index (χ0n) is 8.81. The second-order valence-corrected chi connectivity index (χ2v) is 4.13. The van der Waals surface area contributed by atoms with Crippen LogP contribution in [-0.2, 0) is 6.42 Å². The molecule has 1 unspecified atom stereocenters. The summed E-state index contributed by atoms with van der Waals surface area (Å²) < 4.78 is 0. The van der Waals surface area contributed by atoms with Crippen LogP contribution in [0.25, 0.3) is 10.9 Å². The van der Waals surface area contributed by atoms with Gasteiger partial charge < -0.3 is 10.8 Å². The van der Waals surface area contributed by atoms with Crippen LogP contribution in [0, 0.1) is 0 Å². The van der Waals surface area contributed by atoms with Crippen molar-refractivity contribution in [1.82, 2.24) is 9.97 Å². The van der Waals surface area contributed by atoms with E-state index in [2.05, 4.69) is 9.97 Å². The molecule has 1 aromatic heterocycles. The molecule has 5 heteroatoms.